The van der Waals surface area contributed by atoms with Crippen LogP contribution in [0.2, 0.25) is 0 Å². The summed E-state index contributed by atoms with van der Waals surface area (Å²) >= 11 is 0. The standard InChI is InChI=1S/C20H30FN3O3/c21-17-10-4-5-11-18(17)27-15-7-14-22-19(25)12-6-13-23-20(26)24-16-8-2-1-3-9-16/h4-5,10-11,16H,1-3,6-9,12-15H2,(H,22,25)(H2,23,24,26). The molecule has 0 aliphatic heterocycles. The highest BCUT2D eigenvalue weighted by atomic mass is 19.1. The molecule has 3 amide bonds. The third-order valence-corrected chi connectivity index (χ3v) is 4.54. The van der Waals surface area contributed by atoms with Gasteiger partial charge in [-0.2, -0.15) is 0 Å². The normalized spacial score (nSPS) is 14.4. The molecule has 0 heterocycles. The van der Waals surface area contributed by atoms with Gasteiger partial charge in [0, 0.05) is 25.6 Å². The van der Waals surface area contributed by atoms with Crippen LogP contribution in [0.3, 0.4) is 0 Å². The van der Waals surface area contributed by atoms with Crippen LogP contribution in [0.4, 0.5) is 9.18 Å². The molecule has 1 aromatic carbocycles. The molecule has 1 fully saturated rings. The fourth-order valence-corrected chi connectivity index (χ4v) is 3.07. The van der Waals surface area contributed by atoms with Crippen LogP contribution < -0.4 is 20.7 Å². The van der Waals surface area contributed by atoms with Gasteiger partial charge in [0.05, 0.1) is 6.61 Å². The predicted octanol–water partition coefficient (Wildman–Crippen LogP) is 3.12. The van der Waals surface area contributed by atoms with E-state index >= 15 is 0 Å². The molecular formula is C20H30FN3O3. The number of amides is 3. The highest BCUT2D eigenvalue weighted by molar-refractivity contribution is 5.76. The number of urea groups is 1. The SMILES string of the molecule is O=C(CCCNC(=O)NC1CCCCC1)NCCCOc1ccccc1F. The lowest BCUT2D eigenvalue weighted by molar-refractivity contribution is -0.121. The molecule has 1 saturated carbocycles. The van der Waals surface area contributed by atoms with E-state index in [2.05, 4.69) is 16.0 Å². The number of nitrogens with one attached hydrogen (secondary N) is 3. The molecule has 0 aromatic heterocycles. The van der Waals surface area contributed by atoms with Gasteiger partial charge in [-0.25, -0.2) is 9.18 Å². The Labute approximate surface area is 160 Å². The van der Waals surface area contributed by atoms with Gasteiger partial charge in [-0.15, -0.1) is 0 Å². The maximum absolute atomic E-state index is 13.4. The van der Waals surface area contributed by atoms with Gasteiger partial charge >= 0.3 is 6.03 Å². The van der Waals surface area contributed by atoms with Crippen LogP contribution in [0.15, 0.2) is 24.3 Å². The Hall–Kier alpha value is -2.31. The average Bonchev–Trinajstić information content (AvgIpc) is 2.67. The summed E-state index contributed by atoms with van der Waals surface area (Å²) in [4.78, 5) is 23.5. The molecule has 2 rings (SSSR count). The highest BCUT2D eigenvalue weighted by Gasteiger charge is 2.15. The summed E-state index contributed by atoms with van der Waals surface area (Å²) in [5, 5.41) is 8.58. The Morgan fingerprint density at radius 3 is 2.56 bits per heavy atom. The second kappa shape index (κ2) is 12.1. The summed E-state index contributed by atoms with van der Waals surface area (Å²) in [5.74, 6) is -0.224. The molecule has 6 nitrogen and oxygen atoms in total. The molecular weight excluding hydrogens is 349 g/mol. The van der Waals surface area contributed by atoms with E-state index in [1.165, 1.54) is 25.3 Å². The molecule has 1 aliphatic rings. The van der Waals surface area contributed by atoms with Gasteiger partial charge in [0.1, 0.15) is 0 Å². The van der Waals surface area contributed by atoms with Crippen LogP contribution in [0.1, 0.15) is 51.4 Å². The zero-order valence-corrected chi connectivity index (χ0v) is 15.8. The minimum atomic E-state index is -0.387. The van der Waals surface area contributed by atoms with Crippen LogP contribution in [0.25, 0.3) is 0 Å². The Morgan fingerprint density at radius 2 is 1.78 bits per heavy atom. The lowest BCUT2D eigenvalue weighted by Crippen LogP contribution is -2.43. The topological polar surface area (TPSA) is 79.5 Å². The first kappa shape index (κ1) is 21.0. The maximum Gasteiger partial charge on any atom is 0.315 e. The molecule has 27 heavy (non-hydrogen) atoms. The zero-order chi connectivity index (χ0) is 19.3. The van der Waals surface area contributed by atoms with E-state index in [0.29, 0.717) is 39.0 Å². The molecule has 1 aliphatic carbocycles. The minimum absolute atomic E-state index is 0.0598. The van der Waals surface area contributed by atoms with Crippen LogP contribution in [-0.2, 0) is 4.79 Å². The van der Waals surface area contributed by atoms with Gasteiger partial charge in [0.15, 0.2) is 11.6 Å². The van der Waals surface area contributed by atoms with Gasteiger partial charge < -0.3 is 20.7 Å². The van der Waals surface area contributed by atoms with Crippen molar-refractivity contribution in [3.8, 4) is 5.75 Å². The third-order valence-electron chi connectivity index (χ3n) is 4.54. The Morgan fingerprint density at radius 1 is 1.04 bits per heavy atom. The van der Waals surface area contributed by atoms with Crippen molar-refractivity contribution in [2.45, 2.75) is 57.4 Å². The molecule has 1 aromatic rings. The quantitative estimate of drug-likeness (QED) is 0.547. The van der Waals surface area contributed by atoms with E-state index in [1.807, 2.05) is 0 Å². The van der Waals surface area contributed by atoms with E-state index in [4.69, 9.17) is 4.74 Å². The van der Waals surface area contributed by atoms with Crippen molar-refractivity contribution in [2.75, 3.05) is 19.7 Å². The first-order valence-electron chi connectivity index (χ1n) is 9.83. The summed E-state index contributed by atoms with van der Waals surface area (Å²) in [7, 11) is 0. The number of carbonyl (C=O) groups excluding carboxylic acids is 2. The van der Waals surface area contributed by atoms with Crippen LogP contribution in [-0.4, -0.2) is 37.7 Å². The molecule has 7 heteroatoms. The number of benzene rings is 1. The number of carbonyl (C=O) groups is 2. The van der Waals surface area contributed by atoms with Crippen molar-refractivity contribution in [2.24, 2.45) is 0 Å². The van der Waals surface area contributed by atoms with E-state index < -0.39 is 0 Å². The van der Waals surface area contributed by atoms with Gasteiger partial charge in [-0.1, -0.05) is 31.4 Å². The summed E-state index contributed by atoms with van der Waals surface area (Å²) in [5.41, 5.74) is 0. The fraction of sp³-hybridized carbons (Fsp3) is 0.600. The molecule has 0 atom stereocenters. The highest BCUT2D eigenvalue weighted by Crippen LogP contribution is 2.17. The first-order chi connectivity index (χ1) is 13.1. The molecule has 0 saturated heterocycles. The second-order valence-corrected chi connectivity index (χ2v) is 6.82. The number of rotatable bonds is 10. The van der Waals surface area contributed by atoms with E-state index in [-0.39, 0.29) is 29.5 Å². The summed E-state index contributed by atoms with van der Waals surface area (Å²) in [6, 6.07) is 6.38. The zero-order valence-electron chi connectivity index (χ0n) is 15.8. The largest absolute Gasteiger partial charge is 0.490 e. The smallest absolute Gasteiger partial charge is 0.315 e. The van der Waals surface area contributed by atoms with Crippen molar-refractivity contribution in [3.05, 3.63) is 30.1 Å². The van der Waals surface area contributed by atoms with E-state index in [9.17, 15) is 14.0 Å². The number of ether oxygens (including phenoxy) is 1. The lowest BCUT2D eigenvalue weighted by Gasteiger charge is -2.22. The second-order valence-electron chi connectivity index (χ2n) is 6.82. The minimum Gasteiger partial charge on any atom is -0.490 e. The first-order valence-corrected chi connectivity index (χ1v) is 9.83. The number of hydrogen-bond acceptors (Lipinski definition) is 3. The van der Waals surface area contributed by atoms with Gasteiger partial charge in [0.25, 0.3) is 0 Å². The van der Waals surface area contributed by atoms with Crippen LogP contribution >= 0.6 is 0 Å². The molecule has 0 bridgehead atoms. The maximum atomic E-state index is 13.4. The Kier molecular flexibility index (Phi) is 9.44. The van der Waals surface area contributed by atoms with Crippen molar-refractivity contribution < 1.29 is 18.7 Å². The fourth-order valence-electron chi connectivity index (χ4n) is 3.07. The Balaban J connectivity index is 1.44. The molecule has 0 unspecified atom stereocenters. The van der Waals surface area contributed by atoms with E-state index in [0.717, 1.165) is 12.8 Å². The van der Waals surface area contributed by atoms with Crippen LogP contribution in [0, 0.1) is 5.82 Å². The van der Waals surface area contributed by atoms with Gasteiger partial charge in [-0.05, 0) is 37.8 Å². The van der Waals surface area contributed by atoms with Crippen molar-refractivity contribution in [1.29, 1.82) is 0 Å². The van der Waals surface area contributed by atoms with Crippen molar-refractivity contribution in [1.82, 2.24) is 16.0 Å². The van der Waals surface area contributed by atoms with Crippen LogP contribution in [0.5, 0.6) is 5.75 Å². The lowest BCUT2D eigenvalue weighted by atomic mass is 9.96. The van der Waals surface area contributed by atoms with Gasteiger partial charge in [-0.3, -0.25) is 4.79 Å². The van der Waals surface area contributed by atoms with E-state index in [1.54, 1.807) is 18.2 Å². The monoisotopic (exact) mass is 379 g/mol. The van der Waals surface area contributed by atoms with Crippen molar-refractivity contribution >= 4 is 11.9 Å². The number of para-hydroxylation sites is 1. The molecule has 0 radical (unpaired) electrons. The third kappa shape index (κ3) is 8.75. The van der Waals surface area contributed by atoms with Gasteiger partial charge in [0.2, 0.25) is 5.91 Å². The summed E-state index contributed by atoms with van der Waals surface area (Å²) in [6.07, 6.45) is 7.26. The molecule has 150 valence electrons. The van der Waals surface area contributed by atoms with Crippen molar-refractivity contribution in [3.63, 3.8) is 0 Å². The average molecular weight is 379 g/mol. The predicted molar refractivity (Wildman–Crippen MR) is 102 cm³/mol. The number of hydrogen-bond donors (Lipinski definition) is 3. The molecule has 3 N–H and O–H groups in total. The summed E-state index contributed by atoms with van der Waals surface area (Å²) < 4.78 is 18.7. The number of halogens is 1. The molecule has 0 spiro atoms. The summed E-state index contributed by atoms with van der Waals surface area (Å²) in [6.45, 7) is 1.29. The Bertz CT molecular complexity index is 592.